The van der Waals surface area contributed by atoms with Crippen molar-refractivity contribution in [3.63, 3.8) is 0 Å². The number of nitrogens with one attached hydrogen (secondary N) is 2. The normalized spacial score (nSPS) is 13.7. The summed E-state index contributed by atoms with van der Waals surface area (Å²) in [6.07, 6.45) is 0.0150. The van der Waals surface area contributed by atoms with Crippen LogP contribution in [0.1, 0.15) is 36.6 Å². The maximum Gasteiger partial charge on any atom is 0.315 e. The van der Waals surface area contributed by atoms with Gasteiger partial charge in [-0.3, -0.25) is 0 Å². The highest BCUT2D eigenvalue weighted by Gasteiger charge is 2.13. The molecule has 0 spiro atoms. The molecular formula is C15H24N2O2. The van der Waals surface area contributed by atoms with Gasteiger partial charge in [-0.25, -0.2) is 4.79 Å². The van der Waals surface area contributed by atoms with Crippen LogP contribution in [0.25, 0.3) is 0 Å². The molecule has 0 radical (unpaired) electrons. The van der Waals surface area contributed by atoms with Crippen molar-refractivity contribution in [3.05, 3.63) is 34.9 Å². The van der Waals surface area contributed by atoms with E-state index in [0.717, 1.165) is 0 Å². The zero-order valence-corrected chi connectivity index (χ0v) is 12.4. The minimum Gasteiger partial charge on any atom is -0.380 e. The van der Waals surface area contributed by atoms with Crippen LogP contribution in [0, 0.1) is 13.8 Å². The second-order valence-corrected chi connectivity index (χ2v) is 4.93. The highest BCUT2D eigenvalue weighted by atomic mass is 16.5. The van der Waals surface area contributed by atoms with Gasteiger partial charge in [0.05, 0.1) is 12.1 Å². The van der Waals surface area contributed by atoms with Crippen LogP contribution in [0.5, 0.6) is 0 Å². The maximum atomic E-state index is 11.8. The molecule has 0 aliphatic heterocycles. The number of urea groups is 1. The Morgan fingerprint density at radius 1 is 1.26 bits per heavy atom. The number of methoxy groups -OCH3 is 1. The van der Waals surface area contributed by atoms with Gasteiger partial charge in [-0.1, -0.05) is 18.2 Å². The molecule has 1 aromatic rings. The molecule has 0 heterocycles. The van der Waals surface area contributed by atoms with Crippen LogP contribution < -0.4 is 10.6 Å². The highest BCUT2D eigenvalue weighted by molar-refractivity contribution is 5.74. The van der Waals surface area contributed by atoms with Gasteiger partial charge in [-0.15, -0.1) is 0 Å². The van der Waals surface area contributed by atoms with Gasteiger partial charge in [0, 0.05) is 13.7 Å². The lowest BCUT2D eigenvalue weighted by atomic mass is 9.97. The molecule has 0 aliphatic rings. The Balaban J connectivity index is 2.59. The molecule has 0 fully saturated rings. The predicted molar refractivity (Wildman–Crippen MR) is 77.3 cm³/mol. The summed E-state index contributed by atoms with van der Waals surface area (Å²) < 4.78 is 5.09. The van der Waals surface area contributed by atoms with Crippen molar-refractivity contribution < 1.29 is 9.53 Å². The van der Waals surface area contributed by atoms with Crippen molar-refractivity contribution in [1.82, 2.24) is 10.6 Å². The molecule has 4 heteroatoms. The van der Waals surface area contributed by atoms with Gasteiger partial charge in [0.25, 0.3) is 0 Å². The number of carbonyl (C=O) groups is 1. The van der Waals surface area contributed by atoms with E-state index in [4.69, 9.17) is 4.74 Å². The van der Waals surface area contributed by atoms with Gasteiger partial charge in [0.15, 0.2) is 0 Å². The number of amides is 2. The molecule has 19 heavy (non-hydrogen) atoms. The molecule has 2 unspecified atom stereocenters. The van der Waals surface area contributed by atoms with Crippen molar-refractivity contribution in [2.24, 2.45) is 0 Å². The molecule has 2 atom stereocenters. The van der Waals surface area contributed by atoms with Crippen LogP contribution in [-0.4, -0.2) is 25.8 Å². The first-order chi connectivity index (χ1) is 8.95. The quantitative estimate of drug-likeness (QED) is 0.859. The largest absolute Gasteiger partial charge is 0.380 e. The molecule has 0 aliphatic carbocycles. The lowest BCUT2D eigenvalue weighted by Gasteiger charge is -2.20. The smallest absolute Gasteiger partial charge is 0.315 e. The number of hydrogen-bond acceptors (Lipinski definition) is 2. The van der Waals surface area contributed by atoms with E-state index in [1.165, 1.54) is 16.7 Å². The molecule has 0 bridgehead atoms. The highest BCUT2D eigenvalue weighted by Crippen LogP contribution is 2.21. The summed E-state index contributed by atoms with van der Waals surface area (Å²) >= 11 is 0. The van der Waals surface area contributed by atoms with Gasteiger partial charge in [0.2, 0.25) is 0 Å². The zero-order chi connectivity index (χ0) is 14.4. The third-order valence-corrected chi connectivity index (χ3v) is 3.28. The predicted octanol–water partition coefficient (Wildman–Crippen LogP) is 2.70. The molecule has 1 rings (SSSR count). The van der Waals surface area contributed by atoms with Crippen molar-refractivity contribution in [2.75, 3.05) is 13.7 Å². The van der Waals surface area contributed by atoms with Crippen LogP contribution in [-0.2, 0) is 4.74 Å². The van der Waals surface area contributed by atoms with E-state index in [2.05, 4.69) is 36.6 Å². The first-order valence-corrected chi connectivity index (χ1v) is 6.59. The Hall–Kier alpha value is -1.55. The average Bonchev–Trinajstić information content (AvgIpc) is 2.35. The van der Waals surface area contributed by atoms with Gasteiger partial charge in [-0.05, 0) is 44.4 Å². The summed E-state index contributed by atoms with van der Waals surface area (Å²) in [5, 5.41) is 5.75. The summed E-state index contributed by atoms with van der Waals surface area (Å²) in [6, 6.07) is 5.97. The van der Waals surface area contributed by atoms with E-state index < -0.39 is 0 Å². The van der Waals surface area contributed by atoms with E-state index in [9.17, 15) is 4.79 Å². The maximum absolute atomic E-state index is 11.8. The zero-order valence-electron chi connectivity index (χ0n) is 12.4. The lowest BCUT2D eigenvalue weighted by molar-refractivity contribution is 0.118. The lowest BCUT2D eigenvalue weighted by Crippen LogP contribution is -2.40. The second kappa shape index (κ2) is 7.14. The van der Waals surface area contributed by atoms with Crippen LogP contribution in [0.3, 0.4) is 0 Å². The van der Waals surface area contributed by atoms with Gasteiger partial charge < -0.3 is 15.4 Å². The molecule has 1 aromatic carbocycles. The van der Waals surface area contributed by atoms with E-state index >= 15 is 0 Å². The Bertz CT molecular complexity index is 412. The van der Waals surface area contributed by atoms with E-state index in [1.807, 2.05) is 19.9 Å². The topological polar surface area (TPSA) is 50.4 Å². The molecule has 0 aromatic heterocycles. The molecule has 4 nitrogen and oxygen atoms in total. The summed E-state index contributed by atoms with van der Waals surface area (Å²) in [5.74, 6) is 0. The second-order valence-electron chi connectivity index (χ2n) is 4.93. The van der Waals surface area contributed by atoms with Crippen molar-refractivity contribution >= 4 is 6.03 Å². The average molecular weight is 264 g/mol. The van der Waals surface area contributed by atoms with Crippen molar-refractivity contribution in [3.8, 4) is 0 Å². The van der Waals surface area contributed by atoms with Crippen LogP contribution in [0.15, 0.2) is 18.2 Å². The Kier molecular flexibility index (Phi) is 5.83. The number of hydrogen-bond donors (Lipinski definition) is 2. The van der Waals surface area contributed by atoms with Gasteiger partial charge in [-0.2, -0.15) is 0 Å². The Morgan fingerprint density at radius 3 is 2.37 bits per heavy atom. The number of rotatable bonds is 5. The van der Waals surface area contributed by atoms with Crippen LogP contribution in [0.4, 0.5) is 4.79 Å². The monoisotopic (exact) mass is 264 g/mol. The third kappa shape index (κ3) is 4.56. The van der Waals surface area contributed by atoms with Crippen molar-refractivity contribution in [1.29, 1.82) is 0 Å². The van der Waals surface area contributed by atoms with E-state index in [-0.39, 0.29) is 18.2 Å². The van der Waals surface area contributed by atoms with Gasteiger partial charge >= 0.3 is 6.03 Å². The fourth-order valence-electron chi connectivity index (χ4n) is 2.15. The van der Waals surface area contributed by atoms with E-state index in [1.54, 1.807) is 7.11 Å². The number of carbonyl (C=O) groups excluding carboxylic acids is 1. The standard InChI is InChI=1S/C15H24N2O2/c1-10-7-6-8-11(2)14(10)13(4)17-15(18)16-9-12(3)19-5/h6-8,12-13H,9H2,1-5H3,(H2,16,17,18). The number of ether oxygens (including phenoxy) is 1. The molecule has 0 saturated carbocycles. The summed E-state index contributed by atoms with van der Waals surface area (Å²) in [5.41, 5.74) is 3.56. The fourth-order valence-corrected chi connectivity index (χ4v) is 2.15. The van der Waals surface area contributed by atoms with Crippen LogP contribution >= 0.6 is 0 Å². The number of aryl methyl sites for hydroxylation is 2. The van der Waals surface area contributed by atoms with E-state index in [0.29, 0.717) is 6.54 Å². The van der Waals surface area contributed by atoms with Gasteiger partial charge in [0.1, 0.15) is 0 Å². The Morgan fingerprint density at radius 2 is 1.84 bits per heavy atom. The van der Waals surface area contributed by atoms with Crippen LogP contribution in [0.2, 0.25) is 0 Å². The molecule has 2 N–H and O–H groups in total. The molecule has 0 saturated heterocycles. The molecule has 106 valence electrons. The third-order valence-electron chi connectivity index (χ3n) is 3.28. The molecular weight excluding hydrogens is 240 g/mol. The fraction of sp³-hybridized carbons (Fsp3) is 0.533. The summed E-state index contributed by atoms with van der Waals surface area (Å²) in [4.78, 5) is 11.8. The minimum atomic E-state index is -0.168. The Labute approximate surface area is 115 Å². The first-order valence-electron chi connectivity index (χ1n) is 6.59. The summed E-state index contributed by atoms with van der Waals surface area (Å²) in [7, 11) is 1.63. The molecule has 2 amide bonds. The summed E-state index contributed by atoms with van der Waals surface area (Å²) in [6.45, 7) is 8.53. The SMILES string of the molecule is COC(C)CNC(=O)NC(C)c1c(C)cccc1C. The minimum absolute atomic E-state index is 0.0148. The van der Waals surface area contributed by atoms with Crippen molar-refractivity contribution in [2.45, 2.75) is 39.8 Å². The number of benzene rings is 1. The first kappa shape index (κ1) is 15.5.